The zero-order valence-electron chi connectivity index (χ0n) is 16.0. The van der Waals surface area contributed by atoms with Crippen LogP contribution < -0.4 is 5.32 Å². The number of halogens is 1. The first-order valence-electron chi connectivity index (χ1n) is 9.83. The maximum Gasteiger partial charge on any atom is 0.229 e. The summed E-state index contributed by atoms with van der Waals surface area (Å²) >= 11 is 0. The lowest BCUT2D eigenvalue weighted by Crippen LogP contribution is -2.42. The van der Waals surface area contributed by atoms with E-state index in [4.69, 9.17) is 9.72 Å². The van der Waals surface area contributed by atoms with Gasteiger partial charge in [-0.05, 0) is 12.0 Å². The van der Waals surface area contributed by atoms with Crippen molar-refractivity contribution in [2.24, 2.45) is 5.92 Å². The number of ether oxygens (including phenoxy) is 1. The third-order valence-electron chi connectivity index (χ3n) is 5.25. The summed E-state index contributed by atoms with van der Waals surface area (Å²) in [5.74, 6) is 1.98. The Hall–Kier alpha value is -1.96. The second kappa shape index (κ2) is 10.0. The van der Waals surface area contributed by atoms with E-state index in [1.54, 1.807) is 0 Å². The predicted molar refractivity (Wildman–Crippen MR) is 109 cm³/mol. The Morgan fingerprint density at radius 3 is 2.89 bits per heavy atom. The van der Waals surface area contributed by atoms with Gasteiger partial charge < -0.3 is 15.0 Å². The molecule has 0 saturated carbocycles. The van der Waals surface area contributed by atoms with Crippen LogP contribution in [0.4, 0.5) is 0 Å². The lowest BCUT2D eigenvalue weighted by Gasteiger charge is -2.24. The summed E-state index contributed by atoms with van der Waals surface area (Å²) in [5, 5.41) is 7.96. The fourth-order valence-corrected chi connectivity index (χ4v) is 3.70. The van der Waals surface area contributed by atoms with Gasteiger partial charge >= 0.3 is 0 Å². The number of nitrogens with zero attached hydrogens (tertiary/aromatic N) is 4. The maximum absolute atomic E-state index is 12.8. The molecular weight excluding hydrogens is 378 g/mol. The Morgan fingerprint density at radius 1 is 1.18 bits per heavy atom. The van der Waals surface area contributed by atoms with Crippen LogP contribution >= 0.6 is 12.4 Å². The zero-order chi connectivity index (χ0) is 18.5. The highest BCUT2D eigenvalue weighted by Gasteiger charge is 2.27. The molecule has 0 aliphatic carbocycles. The van der Waals surface area contributed by atoms with Gasteiger partial charge in [0.15, 0.2) is 5.82 Å². The van der Waals surface area contributed by atoms with E-state index in [0.29, 0.717) is 39.4 Å². The Bertz CT molecular complexity index is 734. The molecule has 1 atom stereocenters. The summed E-state index contributed by atoms with van der Waals surface area (Å²) in [6, 6.07) is 10.4. The van der Waals surface area contributed by atoms with E-state index in [1.165, 1.54) is 5.56 Å². The monoisotopic (exact) mass is 405 g/mol. The van der Waals surface area contributed by atoms with Crippen molar-refractivity contribution in [3.05, 3.63) is 47.5 Å². The standard InChI is InChI=1S/C20H27N5O2.ClH/c26-20(17-14-21-9-13-27-15-17)24-10-8-19-22-18(23-25(19)12-11-24)7-6-16-4-2-1-3-5-16;/h1-5,17,21H,6-15H2;1H. The van der Waals surface area contributed by atoms with Crippen molar-refractivity contribution in [3.8, 4) is 0 Å². The third-order valence-corrected chi connectivity index (χ3v) is 5.25. The van der Waals surface area contributed by atoms with Gasteiger partial charge in [0.05, 0.1) is 25.7 Å². The minimum absolute atomic E-state index is 0. The average Bonchev–Trinajstić information content (AvgIpc) is 2.87. The molecule has 1 unspecified atom stereocenters. The Balaban J connectivity index is 0.00000225. The largest absolute Gasteiger partial charge is 0.379 e. The van der Waals surface area contributed by atoms with Gasteiger partial charge in [-0.3, -0.25) is 4.79 Å². The van der Waals surface area contributed by atoms with E-state index in [9.17, 15) is 4.79 Å². The molecule has 2 aliphatic rings. The van der Waals surface area contributed by atoms with Crippen LogP contribution in [-0.2, 0) is 35.3 Å². The van der Waals surface area contributed by atoms with Gasteiger partial charge in [-0.15, -0.1) is 12.4 Å². The van der Waals surface area contributed by atoms with Crippen molar-refractivity contribution in [1.82, 2.24) is 25.0 Å². The number of aromatic nitrogens is 3. The summed E-state index contributed by atoms with van der Waals surface area (Å²) in [7, 11) is 0. The second-order valence-electron chi connectivity index (χ2n) is 7.20. The normalized spacial score (nSPS) is 19.9. The fourth-order valence-electron chi connectivity index (χ4n) is 3.70. The van der Waals surface area contributed by atoms with Gasteiger partial charge in [0.1, 0.15) is 5.82 Å². The highest BCUT2D eigenvalue weighted by atomic mass is 35.5. The van der Waals surface area contributed by atoms with Crippen molar-refractivity contribution >= 4 is 18.3 Å². The molecule has 3 heterocycles. The molecule has 28 heavy (non-hydrogen) atoms. The number of fused-ring (bicyclic) bond motifs is 1. The van der Waals surface area contributed by atoms with Gasteiger partial charge in [-0.25, -0.2) is 9.67 Å². The lowest BCUT2D eigenvalue weighted by atomic mass is 10.1. The Labute approximate surface area is 171 Å². The minimum atomic E-state index is -0.0904. The lowest BCUT2D eigenvalue weighted by molar-refractivity contribution is -0.136. The van der Waals surface area contributed by atoms with Crippen LogP contribution in [-0.4, -0.2) is 65.0 Å². The molecule has 1 saturated heterocycles. The Morgan fingerprint density at radius 2 is 2.04 bits per heavy atom. The first-order chi connectivity index (χ1) is 13.3. The minimum Gasteiger partial charge on any atom is -0.379 e. The molecule has 1 aromatic heterocycles. The average molecular weight is 406 g/mol. The number of hydrogen-bond acceptors (Lipinski definition) is 5. The quantitative estimate of drug-likeness (QED) is 0.824. The number of hydrogen-bond donors (Lipinski definition) is 1. The third kappa shape index (κ3) is 5.10. The van der Waals surface area contributed by atoms with E-state index < -0.39 is 0 Å². The predicted octanol–water partition coefficient (Wildman–Crippen LogP) is 1.11. The Kier molecular flexibility index (Phi) is 7.42. The first-order valence-corrected chi connectivity index (χ1v) is 9.83. The van der Waals surface area contributed by atoms with Gasteiger partial charge in [0, 0.05) is 39.0 Å². The number of aryl methyl sites for hydroxylation is 2. The summed E-state index contributed by atoms with van der Waals surface area (Å²) in [6.07, 6.45) is 2.55. The molecule has 1 N–H and O–H groups in total. The molecular formula is C20H28ClN5O2. The maximum atomic E-state index is 12.8. The van der Waals surface area contributed by atoms with E-state index in [1.807, 2.05) is 15.6 Å². The van der Waals surface area contributed by atoms with E-state index in [0.717, 1.165) is 37.5 Å². The number of carbonyl (C=O) groups is 1. The molecule has 7 nitrogen and oxygen atoms in total. The number of rotatable bonds is 4. The number of carbonyl (C=O) groups excluding carboxylic acids is 1. The van der Waals surface area contributed by atoms with Crippen LogP contribution in [0, 0.1) is 5.92 Å². The molecule has 0 spiro atoms. The smallest absolute Gasteiger partial charge is 0.229 e. The molecule has 1 fully saturated rings. The summed E-state index contributed by atoms with van der Waals surface area (Å²) in [6.45, 7) is 4.79. The number of benzene rings is 1. The van der Waals surface area contributed by atoms with Crippen LogP contribution in [0.25, 0.3) is 0 Å². The molecule has 152 valence electrons. The molecule has 0 bridgehead atoms. The number of amides is 1. The molecule has 2 aliphatic heterocycles. The highest BCUT2D eigenvalue weighted by Crippen LogP contribution is 2.13. The van der Waals surface area contributed by atoms with Crippen LogP contribution in [0.3, 0.4) is 0 Å². The molecule has 8 heteroatoms. The van der Waals surface area contributed by atoms with Gasteiger partial charge in [-0.1, -0.05) is 30.3 Å². The molecule has 4 rings (SSSR count). The summed E-state index contributed by atoms with van der Waals surface area (Å²) in [5.41, 5.74) is 1.30. The zero-order valence-corrected chi connectivity index (χ0v) is 16.9. The second-order valence-corrected chi connectivity index (χ2v) is 7.20. The van der Waals surface area contributed by atoms with Gasteiger partial charge in [0.25, 0.3) is 0 Å². The van der Waals surface area contributed by atoms with Crippen molar-refractivity contribution in [3.63, 3.8) is 0 Å². The van der Waals surface area contributed by atoms with Crippen molar-refractivity contribution in [2.45, 2.75) is 25.8 Å². The topological polar surface area (TPSA) is 72.3 Å². The SMILES string of the molecule is Cl.O=C(C1CNCCOC1)N1CCc2nc(CCc3ccccc3)nn2CC1. The van der Waals surface area contributed by atoms with Crippen LogP contribution in [0.5, 0.6) is 0 Å². The van der Waals surface area contributed by atoms with Crippen molar-refractivity contribution in [1.29, 1.82) is 0 Å². The van der Waals surface area contributed by atoms with Crippen LogP contribution in [0.1, 0.15) is 17.2 Å². The van der Waals surface area contributed by atoms with Crippen LogP contribution in [0.15, 0.2) is 30.3 Å². The van der Waals surface area contributed by atoms with Crippen LogP contribution in [0.2, 0.25) is 0 Å². The van der Waals surface area contributed by atoms with Gasteiger partial charge in [0.2, 0.25) is 5.91 Å². The summed E-state index contributed by atoms with van der Waals surface area (Å²) in [4.78, 5) is 19.5. The number of nitrogens with one attached hydrogen (secondary N) is 1. The highest BCUT2D eigenvalue weighted by molar-refractivity contribution is 5.85. The van der Waals surface area contributed by atoms with Crippen molar-refractivity contribution in [2.75, 3.05) is 39.4 Å². The molecule has 0 radical (unpaired) electrons. The van der Waals surface area contributed by atoms with E-state index >= 15 is 0 Å². The molecule has 2 aromatic rings. The van der Waals surface area contributed by atoms with Crippen molar-refractivity contribution < 1.29 is 9.53 Å². The molecule has 1 aromatic carbocycles. The van der Waals surface area contributed by atoms with E-state index in [-0.39, 0.29) is 24.2 Å². The van der Waals surface area contributed by atoms with E-state index in [2.05, 4.69) is 34.7 Å². The first kappa shape index (κ1) is 20.8. The summed E-state index contributed by atoms with van der Waals surface area (Å²) < 4.78 is 7.52. The molecule has 1 amide bonds. The van der Waals surface area contributed by atoms with Gasteiger partial charge in [-0.2, -0.15) is 5.10 Å². The fraction of sp³-hybridized carbons (Fsp3) is 0.550.